The second-order valence-corrected chi connectivity index (χ2v) is 3.26. The number of rotatable bonds is 4. The number of tetrazole rings is 1. The molecule has 16 heavy (non-hydrogen) atoms. The predicted molar refractivity (Wildman–Crippen MR) is 57.2 cm³/mol. The Morgan fingerprint density at radius 1 is 1.38 bits per heavy atom. The number of hydrogen-bond donors (Lipinski definition) is 1. The first-order valence-corrected chi connectivity index (χ1v) is 5.04. The summed E-state index contributed by atoms with van der Waals surface area (Å²) < 4.78 is 14.9. The van der Waals surface area contributed by atoms with Crippen LogP contribution < -0.4 is 5.32 Å². The largest absolute Gasteiger partial charge is 0.349 e. The Bertz CT molecular complexity index is 468. The quantitative estimate of drug-likeness (QED) is 0.848. The Morgan fingerprint density at radius 3 is 2.94 bits per heavy atom. The summed E-state index contributed by atoms with van der Waals surface area (Å²) in [6.07, 6.45) is 0. The van der Waals surface area contributed by atoms with Gasteiger partial charge in [0.25, 0.3) is 0 Å². The summed E-state index contributed by atoms with van der Waals surface area (Å²) in [4.78, 5) is 0. The van der Waals surface area contributed by atoms with Crippen LogP contribution in [0.2, 0.25) is 0 Å². The van der Waals surface area contributed by atoms with Gasteiger partial charge in [0.05, 0.1) is 0 Å². The van der Waals surface area contributed by atoms with Crippen LogP contribution in [-0.2, 0) is 13.1 Å². The number of nitrogens with one attached hydrogen (secondary N) is 1. The zero-order chi connectivity index (χ0) is 11.4. The van der Waals surface area contributed by atoms with Crippen molar-refractivity contribution in [2.75, 3.05) is 5.32 Å². The number of anilines is 1. The molecule has 0 aliphatic carbocycles. The van der Waals surface area contributed by atoms with Gasteiger partial charge in [-0.2, -0.15) is 0 Å². The summed E-state index contributed by atoms with van der Waals surface area (Å²) in [6, 6.07) is 6.61. The maximum atomic E-state index is 13.3. The average Bonchev–Trinajstić information content (AvgIpc) is 2.75. The summed E-state index contributed by atoms with van der Waals surface area (Å²) >= 11 is 0. The highest BCUT2D eigenvalue weighted by Gasteiger charge is 2.05. The molecule has 0 aliphatic heterocycles. The van der Waals surface area contributed by atoms with Crippen LogP contribution in [0, 0.1) is 5.82 Å². The molecule has 2 rings (SSSR count). The van der Waals surface area contributed by atoms with Gasteiger partial charge in [-0.3, -0.25) is 0 Å². The Balaban J connectivity index is 2.05. The molecule has 1 aromatic carbocycles. The molecule has 0 unspecified atom stereocenters. The fourth-order valence-electron chi connectivity index (χ4n) is 1.36. The van der Waals surface area contributed by atoms with E-state index >= 15 is 0 Å². The van der Waals surface area contributed by atoms with E-state index in [1.807, 2.05) is 6.92 Å². The molecule has 6 heteroatoms. The molecule has 0 saturated carbocycles. The summed E-state index contributed by atoms with van der Waals surface area (Å²) in [5.74, 6) is 0.316. The highest BCUT2D eigenvalue weighted by atomic mass is 19.1. The van der Waals surface area contributed by atoms with E-state index in [4.69, 9.17) is 0 Å². The SMILES string of the molecule is CCn1nnnc1NCc1ccccc1F. The Morgan fingerprint density at radius 2 is 2.19 bits per heavy atom. The third kappa shape index (κ3) is 2.16. The second kappa shape index (κ2) is 4.69. The van der Waals surface area contributed by atoms with Gasteiger partial charge in [-0.25, -0.2) is 9.07 Å². The van der Waals surface area contributed by atoms with Crippen LogP contribution >= 0.6 is 0 Å². The van der Waals surface area contributed by atoms with Crippen LogP contribution in [0.1, 0.15) is 12.5 Å². The summed E-state index contributed by atoms with van der Waals surface area (Å²) in [5, 5.41) is 14.1. The van der Waals surface area contributed by atoms with Crippen molar-refractivity contribution in [2.45, 2.75) is 20.0 Å². The number of benzene rings is 1. The van der Waals surface area contributed by atoms with Crippen molar-refractivity contribution >= 4 is 5.95 Å². The lowest BCUT2D eigenvalue weighted by Gasteiger charge is -2.05. The van der Waals surface area contributed by atoms with Crippen LogP contribution in [0.4, 0.5) is 10.3 Å². The number of aryl methyl sites for hydroxylation is 1. The molecule has 0 fully saturated rings. The minimum Gasteiger partial charge on any atom is -0.349 e. The molecule has 1 N–H and O–H groups in total. The number of aromatic nitrogens is 4. The van der Waals surface area contributed by atoms with Crippen LogP contribution in [-0.4, -0.2) is 20.2 Å². The number of halogens is 1. The van der Waals surface area contributed by atoms with Gasteiger partial charge in [-0.15, -0.1) is 0 Å². The van der Waals surface area contributed by atoms with E-state index < -0.39 is 0 Å². The van der Waals surface area contributed by atoms with Crippen molar-refractivity contribution in [3.05, 3.63) is 35.6 Å². The van der Waals surface area contributed by atoms with Crippen LogP contribution in [0.3, 0.4) is 0 Å². The minimum absolute atomic E-state index is 0.231. The second-order valence-electron chi connectivity index (χ2n) is 3.26. The fourth-order valence-corrected chi connectivity index (χ4v) is 1.36. The molecule has 0 spiro atoms. The molecule has 0 saturated heterocycles. The lowest BCUT2D eigenvalue weighted by Crippen LogP contribution is -2.08. The van der Waals surface area contributed by atoms with E-state index in [1.165, 1.54) is 6.07 Å². The highest BCUT2D eigenvalue weighted by Crippen LogP contribution is 2.08. The van der Waals surface area contributed by atoms with Crippen molar-refractivity contribution in [1.29, 1.82) is 0 Å². The van der Waals surface area contributed by atoms with Gasteiger partial charge in [0.2, 0.25) is 5.95 Å². The van der Waals surface area contributed by atoms with Crippen molar-refractivity contribution in [3.8, 4) is 0 Å². The zero-order valence-corrected chi connectivity index (χ0v) is 8.89. The molecule has 0 bridgehead atoms. The fraction of sp³-hybridized carbons (Fsp3) is 0.300. The third-order valence-corrected chi connectivity index (χ3v) is 2.23. The zero-order valence-electron chi connectivity index (χ0n) is 8.89. The normalized spacial score (nSPS) is 10.4. The lowest BCUT2D eigenvalue weighted by molar-refractivity contribution is 0.609. The monoisotopic (exact) mass is 221 g/mol. The smallest absolute Gasteiger partial charge is 0.243 e. The molecule has 0 amide bonds. The van der Waals surface area contributed by atoms with Gasteiger partial charge in [0.1, 0.15) is 5.82 Å². The maximum absolute atomic E-state index is 13.3. The number of hydrogen-bond acceptors (Lipinski definition) is 4. The lowest BCUT2D eigenvalue weighted by atomic mass is 10.2. The maximum Gasteiger partial charge on any atom is 0.243 e. The van der Waals surface area contributed by atoms with Crippen molar-refractivity contribution in [1.82, 2.24) is 20.2 Å². The molecular weight excluding hydrogens is 209 g/mol. The van der Waals surface area contributed by atoms with E-state index in [1.54, 1.807) is 22.9 Å². The number of nitrogens with zero attached hydrogens (tertiary/aromatic N) is 4. The topological polar surface area (TPSA) is 55.6 Å². The minimum atomic E-state index is -0.231. The standard InChI is InChI=1S/C10H12FN5/c1-2-16-10(13-14-15-16)12-7-8-5-3-4-6-9(8)11/h3-6H,2,7H2,1H3,(H,12,13,15). The molecule has 1 aromatic heterocycles. The van der Waals surface area contributed by atoms with E-state index in [-0.39, 0.29) is 5.82 Å². The molecule has 84 valence electrons. The predicted octanol–water partition coefficient (Wildman–Crippen LogP) is 1.44. The van der Waals surface area contributed by atoms with Gasteiger partial charge >= 0.3 is 0 Å². The van der Waals surface area contributed by atoms with Crippen LogP contribution in [0.5, 0.6) is 0 Å². The van der Waals surface area contributed by atoms with Gasteiger partial charge in [-0.1, -0.05) is 23.3 Å². The summed E-state index contributed by atoms with van der Waals surface area (Å²) in [6.45, 7) is 2.98. The van der Waals surface area contributed by atoms with Gasteiger partial charge < -0.3 is 5.32 Å². The van der Waals surface area contributed by atoms with E-state index in [9.17, 15) is 4.39 Å². The Hall–Kier alpha value is -1.98. The molecule has 0 atom stereocenters. The highest BCUT2D eigenvalue weighted by molar-refractivity contribution is 5.26. The molecule has 0 aliphatic rings. The van der Waals surface area contributed by atoms with Crippen LogP contribution in [0.15, 0.2) is 24.3 Å². The summed E-state index contributed by atoms with van der Waals surface area (Å²) in [7, 11) is 0. The molecule has 1 heterocycles. The Labute approximate surface area is 92.3 Å². The first-order chi connectivity index (χ1) is 7.81. The molecule has 2 aromatic rings. The van der Waals surface area contributed by atoms with Gasteiger partial charge in [0, 0.05) is 18.7 Å². The van der Waals surface area contributed by atoms with E-state index in [0.717, 1.165) is 0 Å². The van der Waals surface area contributed by atoms with Crippen molar-refractivity contribution < 1.29 is 4.39 Å². The first-order valence-electron chi connectivity index (χ1n) is 5.04. The van der Waals surface area contributed by atoms with E-state index in [0.29, 0.717) is 24.6 Å². The molecular formula is C10H12FN5. The van der Waals surface area contributed by atoms with Crippen molar-refractivity contribution in [3.63, 3.8) is 0 Å². The average molecular weight is 221 g/mol. The third-order valence-electron chi connectivity index (χ3n) is 2.23. The summed E-state index contributed by atoms with van der Waals surface area (Å²) in [5.41, 5.74) is 0.591. The van der Waals surface area contributed by atoms with Crippen LogP contribution in [0.25, 0.3) is 0 Å². The molecule has 0 radical (unpaired) electrons. The molecule has 5 nitrogen and oxygen atoms in total. The Kier molecular flexibility index (Phi) is 3.09. The van der Waals surface area contributed by atoms with E-state index in [2.05, 4.69) is 20.8 Å². The van der Waals surface area contributed by atoms with Crippen molar-refractivity contribution in [2.24, 2.45) is 0 Å². The first kappa shape index (κ1) is 10.5. The van der Waals surface area contributed by atoms with Gasteiger partial charge in [0.15, 0.2) is 0 Å². The van der Waals surface area contributed by atoms with Gasteiger partial charge in [-0.05, 0) is 23.4 Å².